The van der Waals surface area contributed by atoms with E-state index in [2.05, 4.69) is 21.1 Å². The van der Waals surface area contributed by atoms with Crippen molar-refractivity contribution in [1.29, 1.82) is 0 Å². The lowest BCUT2D eigenvalue weighted by atomic mass is 10.1. The fourth-order valence-electron chi connectivity index (χ4n) is 1.65. The van der Waals surface area contributed by atoms with Gasteiger partial charge in [-0.1, -0.05) is 16.8 Å². The largest absolute Gasteiger partial charge is 0.409 e. The standard InChI is InChI=1S/C13H18BrN3O2/c1-8(2)17(7-12(15)16-19)13(18)10-6-9(3)4-5-11(10)14/h4-6,8,19H,7H2,1-3H3,(H2,15,16). The van der Waals surface area contributed by atoms with E-state index in [4.69, 9.17) is 10.9 Å². The van der Waals surface area contributed by atoms with Crippen LogP contribution in [0.3, 0.4) is 0 Å². The number of amides is 1. The van der Waals surface area contributed by atoms with Gasteiger partial charge in [0, 0.05) is 10.5 Å². The van der Waals surface area contributed by atoms with Crippen LogP contribution in [0.1, 0.15) is 29.8 Å². The number of nitrogens with zero attached hydrogens (tertiary/aromatic N) is 2. The first-order chi connectivity index (χ1) is 8.86. The first kappa shape index (κ1) is 15.5. The minimum atomic E-state index is -0.155. The third-order valence-electron chi connectivity index (χ3n) is 2.70. The molecule has 0 fully saturated rings. The number of rotatable bonds is 4. The van der Waals surface area contributed by atoms with E-state index in [1.165, 1.54) is 0 Å². The maximum Gasteiger partial charge on any atom is 0.255 e. The molecule has 5 nitrogen and oxygen atoms in total. The van der Waals surface area contributed by atoms with Gasteiger partial charge in [0.15, 0.2) is 5.84 Å². The second-order valence-electron chi connectivity index (χ2n) is 4.60. The molecule has 0 atom stereocenters. The zero-order valence-electron chi connectivity index (χ0n) is 11.2. The first-order valence-electron chi connectivity index (χ1n) is 5.90. The predicted octanol–water partition coefficient (Wildman–Crippen LogP) is 2.35. The van der Waals surface area contributed by atoms with Crippen molar-refractivity contribution in [2.24, 2.45) is 10.9 Å². The summed E-state index contributed by atoms with van der Waals surface area (Å²) < 4.78 is 0.730. The molecule has 0 radical (unpaired) electrons. The Labute approximate surface area is 121 Å². The van der Waals surface area contributed by atoms with Crippen molar-refractivity contribution < 1.29 is 10.0 Å². The fourth-order valence-corrected chi connectivity index (χ4v) is 2.07. The number of nitrogens with two attached hydrogens (primary N) is 1. The number of carbonyl (C=O) groups excluding carboxylic acids is 1. The minimum absolute atomic E-state index is 0.00539. The van der Waals surface area contributed by atoms with Crippen LogP contribution in [0.15, 0.2) is 27.8 Å². The van der Waals surface area contributed by atoms with Crippen LogP contribution in [0.5, 0.6) is 0 Å². The number of aryl methyl sites for hydroxylation is 1. The van der Waals surface area contributed by atoms with Crippen molar-refractivity contribution in [2.75, 3.05) is 6.54 Å². The Morgan fingerprint density at radius 2 is 2.16 bits per heavy atom. The third-order valence-corrected chi connectivity index (χ3v) is 3.39. The van der Waals surface area contributed by atoms with Crippen LogP contribution in [0.2, 0.25) is 0 Å². The molecule has 0 bridgehead atoms. The van der Waals surface area contributed by atoms with Gasteiger partial charge >= 0.3 is 0 Å². The van der Waals surface area contributed by atoms with E-state index in [-0.39, 0.29) is 24.3 Å². The molecule has 1 aromatic rings. The average molecular weight is 328 g/mol. The molecule has 1 rings (SSSR count). The summed E-state index contributed by atoms with van der Waals surface area (Å²) in [4.78, 5) is 14.1. The molecule has 0 spiro atoms. The van der Waals surface area contributed by atoms with E-state index >= 15 is 0 Å². The summed E-state index contributed by atoms with van der Waals surface area (Å²) in [5.74, 6) is -0.150. The summed E-state index contributed by atoms with van der Waals surface area (Å²) in [5, 5.41) is 11.5. The fraction of sp³-hybridized carbons (Fsp3) is 0.385. The summed E-state index contributed by atoms with van der Waals surface area (Å²) in [7, 11) is 0. The van der Waals surface area contributed by atoms with Crippen molar-refractivity contribution in [3.8, 4) is 0 Å². The molecule has 104 valence electrons. The van der Waals surface area contributed by atoms with E-state index < -0.39 is 0 Å². The van der Waals surface area contributed by atoms with Crippen molar-refractivity contribution in [1.82, 2.24) is 4.90 Å². The Bertz CT molecular complexity index is 501. The van der Waals surface area contributed by atoms with E-state index in [0.717, 1.165) is 10.0 Å². The lowest BCUT2D eigenvalue weighted by Crippen LogP contribution is -2.43. The molecular formula is C13H18BrN3O2. The smallest absolute Gasteiger partial charge is 0.255 e. The van der Waals surface area contributed by atoms with Crippen LogP contribution in [0.25, 0.3) is 0 Å². The number of carbonyl (C=O) groups is 1. The van der Waals surface area contributed by atoms with E-state index in [1.807, 2.05) is 39.0 Å². The van der Waals surface area contributed by atoms with Gasteiger partial charge in [-0.25, -0.2) is 0 Å². The molecular weight excluding hydrogens is 310 g/mol. The highest BCUT2D eigenvalue weighted by atomic mass is 79.9. The molecule has 1 amide bonds. The highest BCUT2D eigenvalue weighted by Gasteiger charge is 2.22. The number of benzene rings is 1. The number of halogens is 1. The van der Waals surface area contributed by atoms with Gasteiger partial charge < -0.3 is 15.8 Å². The lowest BCUT2D eigenvalue weighted by Gasteiger charge is -2.26. The Morgan fingerprint density at radius 3 is 2.68 bits per heavy atom. The molecule has 19 heavy (non-hydrogen) atoms. The second kappa shape index (κ2) is 6.56. The molecule has 3 N–H and O–H groups in total. The van der Waals surface area contributed by atoms with E-state index in [0.29, 0.717) is 5.56 Å². The number of hydrogen-bond acceptors (Lipinski definition) is 3. The topological polar surface area (TPSA) is 78.9 Å². The summed E-state index contributed by atoms with van der Waals surface area (Å²) in [5.41, 5.74) is 7.06. The van der Waals surface area contributed by atoms with Crippen LogP contribution in [0, 0.1) is 6.92 Å². The Morgan fingerprint density at radius 1 is 1.53 bits per heavy atom. The molecule has 0 aromatic heterocycles. The molecule has 0 heterocycles. The quantitative estimate of drug-likeness (QED) is 0.385. The van der Waals surface area contributed by atoms with Gasteiger partial charge in [0.05, 0.1) is 12.1 Å². The number of oxime groups is 1. The molecule has 0 saturated heterocycles. The summed E-state index contributed by atoms with van der Waals surface area (Å²) >= 11 is 3.37. The normalized spacial score (nSPS) is 11.7. The Balaban J connectivity index is 3.09. The third kappa shape index (κ3) is 3.96. The van der Waals surface area contributed by atoms with Gasteiger partial charge in [0.2, 0.25) is 0 Å². The van der Waals surface area contributed by atoms with Crippen LogP contribution < -0.4 is 5.73 Å². The van der Waals surface area contributed by atoms with Gasteiger partial charge in [0.1, 0.15) is 0 Å². The molecule has 0 aliphatic rings. The average Bonchev–Trinajstić information content (AvgIpc) is 2.37. The Hall–Kier alpha value is -1.56. The van der Waals surface area contributed by atoms with Gasteiger partial charge in [-0.05, 0) is 48.8 Å². The number of amidine groups is 1. The molecule has 1 aromatic carbocycles. The monoisotopic (exact) mass is 327 g/mol. The number of hydrogen-bond donors (Lipinski definition) is 2. The zero-order valence-corrected chi connectivity index (χ0v) is 12.8. The van der Waals surface area contributed by atoms with Gasteiger partial charge in [-0.15, -0.1) is 0 Å². The van der Waals surface area contributed by atoms with Crippen molar-refractivity contribution >= 4 is 27.7 Å². The molecule has 0 aliphatic carbocycles. The van der Waals surface area contributed by atoms with Crippen molar-refractivity contribution in [3.63, 3.8) is 0 Å². The highest BCUT2D eigenvalue weighted by molar-refractivity contribution is 9.10. The SMILES string of the molecule is Cc1ccc(Br)c(C(=O)N(C/C(N)=N/O)C(C)C)c1. The van der Waals surface area contributed by atoms with Crippen LogP contribution >= 0.6 is 15.9 Å². The molecule has 0 unspecified atom stereocenters. The maximum atomic E-state index is 12.5. The highest BCUT2D eigenvalue weighted by Crippen LogP contribution is 2.20. The maximum absolute atomic E-state index is 12.5. The molecule has 6 heteroatoms. The molecule has 0 aliphatic heterocycles. The minimum Gasteiger partial charge on any atom is -0.409 e. The van der Waals surface area contributed by atoms with Gasteiger partial charge in [-0.2, -0.15) is 0 Å². The summed E-state index contributed by atoms with van der Waals surface area (Å²) in [6.45, 7) is 5.78. The van der Waals surface area contributed by atoms with Crippen molar-refractivity contribution in [2.45, 2.75) is 26.8 Å². The second-order valence-corrected chi connectivity index (χ2v) is 5.46. The van der Waals surface area contributed by atoms with Crippen molar-refractivity contribution in [3.05, 3.63) is 33.8 Å². The zero-order chi connectivity index (χ0) is 14.6. The van der Waals surface area contributed by atoms with Gasteiger partial charge in [0.25, 0.3) is 5.91 Å². The Kier molecular flexibility index (Phi) is 5.35. The lowest BCUT2D eigenvalue weighted by molar-refractivity contribution is 0.0733. The van der Waals surface area contributed by atoms with Crippen LogP contribution in [-0.2, 0) is 0 Å². The van der Waals surface area contributed by atoms with E-state index in [1.54, 1.807) is 4.90 Å². The van der Waals surface area contributed by atoms with E-state index in [9.17, 15) is 4.79 Å². The predicted molar refractivity (Wildman–Crippen MR) is 78.5 cm³/mol. The summed E-state index contributed by atoms with van der Waals surface area (Å²) in [6.07, 6.45) is 0. The van der Waals surface area contributed by atoms with Crippen LogP contribution in [-0.4, -0.2) is 34.4 Å². The summed E-state index contributed by atoms with van der Waals surface area (Å²) in [6, 6.07) is 5.52. The van der Waals surface area contributed by atoms with Gasteiger partial charge in [-0.3, -0.25) is 4.79 Å². The first-order valence-corrected chi connectivity index (χ1v) is 6.69. The van der Waals surface area contributed by atoms with Crippen LogP contribution in [0.4, 0.5) is 0 Å². The molecule has 0 saturated carbocycles.